The van der Waals surface area contributed by atoms with Crippen molar-refractivity contribution in [3.63, 3.8) is 0 Å². The Balaban J connectivity index is 1.63. The number of piperidine rings is 1. The zero-order chi connectivity index (χ0) is 18.7. The number of carbonyl (C=O) groups is 2. The van der Waals surface area contributed by atoms with Crippen molar-refractivity contribution in [2.75, 3.05) is 13.1 Å². The Morgan fingerprint density at radius 1 is 1.27 bits per heavy atom. The number of carbonyl (C=O) groups excluding carboxylic acids is 2. The van der Waals surface area contributed by atoms with Crippen LogP contribution in [0.1, 0.15) is 52.4 Å². The minimum Gasteiger partial charge on any atom is -0.387 e. The van der Waals surface area contributed by atoms with Gasteiger partial charge >= 0.3 is 0 Å². The number of allylic oxidation sites excluding steroid dienone is 2. The lowest BCUT2D eigenvalue weighted by molar-refractivity contribution is -0.126. The van der Waals surface area contributed by atoms with Crippen LogP contribution < -0.4 is 16.8 Å². The van der Waals surface area contributed by atoms with Gasteiger partial charge in [-0.25, -0.2) is 0 Å². The van der Waals surface area contributed by atoms with E-state index in [1.807, 2.05) is 6.08 Å². The number of rotatable bonds is 3. The molecule has 1 amide bonds. The third-order valence-electron chi connectivity index (χ3n) is 8.77. The van der Waals surface area contributed by atoms with E-state index >= 15 is 0 Å². The van der Waals surface area contributed by atoms with Crippen LogP contribution >= 0.6 is 0 Å². The van der Waals surface area contributed by atoms with E-state index in [9.17, 15) is 9.59 Å². The first-order chi connectivity index (χ1) is 12.3. The second-order valence-corrected chi connectivity index (χ2v) is 9.67. The number of primary amides is 1. The first-order valence-corrected chi connectivity index (χ1v) is 10.3. The molecule has 5 heteroatoms. The fourth-order valence-corrected chi connectivity index (χ4v) is 7.32. The van der Waals surface area contributed by atoms with E-state index < -0.39 is 0 Å². The minimum absolute atomic E-state index is 0.104. The highest BCUT2D eigenvalue weighted by atomic mass is 16.1. The zero-order valence-electron chi connectivity index (χ0n) is 16.1. The Labute approximate surface area is 156 Å². The molecule has 0 radical (unpaired) electrons. The van der Waals surface area contributed by atoms with Crippen molar-refractivity contribution in [1.82, 2.24) is 5.32 Å². The average molecular weight is 360 g/mol. The summed E-state index contributed by atoms with van der Waals surface area (Å²) in [4.78, 5) is 23.9. The molecule has 3 fully saturated rings. The number of amides is 1. The second kappa shape index (κ2) is 6.08. The van der Waals surface area contributed by atoms with E-state index in [-0.39, 0.29) is 28.4 Å². The Kier molecular flexibility index (Phi) is 4.22. The van der Waals surface area contributed by atoms with Gasteiger partial charge in [0.25, 0.3) is 0 Å². The molecule has 2 saturated carbocycles. The normalized spacial score (nSPS) is 45.7. The smallest absolute Gasteiger partial charge is 0.222 e. The van der Waals surface area contributed by atoms with Gasteiger partial charge in [0.1, 0.15) is 0 Å². The summed E-state index contributed by atoms with van der Waals surface area (Å²) < 4.78 is 0. The van der Waals surface area contributed by atoms with E-state index in [0.29, 0.717) is 36.6 Å². The van der Waals surface area contributed by atoms with Crippen molar-refractivity contribution in [1.29, 1.82) is 0 Å². The molecule has 4 aliphatic rings. The number of nitrogens with one attached hydrogen (secondary N) is 1. The summed E-state index contributed by atoms with van der Waals surface area (Å²) in [7, 11) is 0. The number of hydrogen-bond donors (Lipinski definition) is 3. The van der Waals surface area contributed by atoms with Crippen LogP contribution in [0.25, 0.3) is 0 Å². The van der Waals surface area contributed by atoms with E-state index in [2.05, 4.69) is 19.2 Å². The number of hydrogen-bond acceptors (Lipinski definition) is 4. The second-order valence-electron chi connectivity index (χ2n) is 9.67. The molecule has 0 aromatic heterocycles. The van der Waals surface area contributed by atoms with Gasteiger partial charge in [-0.15, -0.1) is 0 Å². The van der Waals surface area contributed by atoms with Gasteiger partial charge in [0.05, 0.1) is 5.92 Å². The van der Waals surface area contributed by atoms with Crippen molar-refractivity contribution in [3.05, 3.63) is 11.8 Å². The van der Waals surface area contributed by atoms with Gasteiger partial charge in [0.2, 0.25) is 5.91 Å². The van der Waals surface area contributed by atoms with Gasteiger partial charge in [-0.05, 0) is 61.2 Å². The minimum atomic E-state index is -0.230. The molecule has 1 saturated heterocycles. The molecular formula is C21H33N3O2. The maximum Gasteiger partial charge on any atom is 0.222 e. The molecule has 4 rings (SSSR count). The molecule has 144 valence electrons. The summed E-state index contributed by atoms with van der Waals surface area (Å²) in [5.74, 6) is 2.00. The zero-order valence-corrected chi connectivity index (χ0v) is 16.1. The predicted molar refractivity (Wildman–Crippen MR) is 101 cm³/mol. The van der Waals surface area contributed by atoms with Crippen LogP contribution in [0.5, 0.6) is 0 Å². The third kappa shape index (κ3) is 2.39. The Bertz CT molecular complexity index is 660. The van der Waals surface area contributed by atoms with Crippen molar-refractivity contribution in [3.8, 4) is 0 Å². The first kappa shape index (κ1) is 18.0. The fraction of sp³-hybridized carbons (Fsp3) is 0.810. The van der Waals surface area contributed by atoms with Crippen LogP contribution in [0.15, 0.2) is 11.8 Å². The maximum atomic E-state index is 12.0. The molecule has 26 heavy (non-hydrogen) atoms. The van der Waals surface area contributed by atoms with Crippen molar-refractivity contribution in [2.24, 2.45) is 51.9 Å². The van der Waals surface area contributed by atoms with Gasteiger partial charge < -0.3 is 16.8 Å². The molecule has 0 aromatic carbocycles. The molecule has 0 spiro atoms. The van der Waals surface area contributed by atoms with Crippen LogP contribution in [-0.4, -0.2) is 24.8 Å². The highest BCUT2D eigenvalue weighted by Gasteiger charge is 2.60. The monoisotopic (exact) mass is 359 g/mol. The molecule has 5 N–H and O–H groups in total. The quantitative estimate of drug-likeness (QED) is 0.717. The van der Waals surface area contributed by atoms with E-state index in [1.165, 1.54) is 18.5 Å². The number of nitrogens with two attached hydrogens (primary N) is 2. The van der Waals surface area contributed by atoms with Crippen LogP contribution in [0, 0.1) is 40.4 Å². The maximum absolute atomic E-state index is 12.0. The van der Waals surface area contributed by atoms with E-state index in [1.54, 1.807) is 0 Å². The lowest BCUT2D eigenvalue weighted by Crippen LogP contribution is -2.57. The lowest BCUT2D eigenvalue weighted by Gasteiger charge is -2.58. The Morgan fingerprint density at radius 2 is 2.04 bits per heavy atom. The molecule has 1 aliphatic heterocycles. The average Bonchev–Trinajstić information content (AvgIpc) is 2.93. The van der Waals surface area contributed by atoms with Gasteiger partial charge in [0.15, 0.2) is 5.78 Å². The summed E-state index contributed by atoms with van der Waals surface area (Å²) in [6.45, 7) is 6.06. The topological polar surface area (TPSA) is 98.2 Å². The summed E-state index contributed by atoms with van der Waals surface area (Å²) in [5.41, 5.74) is 13.1. The predicted octanol–water partition coefficient (Wildman–Crippen LogP) is 1.96. The van der Waals surface area contributed by atoms with Crippen molar-refractivity contribution in [2.45, 2.75) is 52.4 Å². The molecule has 5 nitrogen and oxygen atoms in total. The molecular weight excluding hydrogens is 326 g/mol. The third-order valence-corrected chi connectivity index (χ3v) is 8.77. The van der Waals surface area contributed by atoms with Crippen LogP contribution in [0.4, 0.5) is 0 Å². The van der Waals surface area contributed by atoms with Gasteiger partial charge in [-0.1, -0.05) is 13.8 Å². The van der Waals surface area contributed by atoms with Crippen LogP contribution in [0.3, 0.4) is 0 Å². The van der Waals surface area contributed by atoms with Crippen LogP contribution in [-0.2, 0) is 9.59 Å². The lowest BCUT2D eigenvalue weighted by atomic mass is 9.49. The molecule has 2 unspecified atom stereocenters. The molecule has 7 atom stereocenters. The van der Waals surface area contributed by atoms with Gasteiger partial charge in [-0.2, -0.15) is 0 Å². The molecule has 1 heterocycles. The molecule has 0 bridgehead atoms. The Morgan fingerprint density at radius 3 is 2.73 bits per heavy atom. The standard InChI is InChI=1S/C21H33N3O2/c1-20-8-6-17-14(11-24-18-9-12(25)5-7-21(17,18)2)16(20)4-3-15(20)13(10-22)19(23)26/h9,13-17,24H,3-8,10-11,22H2,1-2H3,(H2,23,26)/t13?,14-,15?,16-,17+,20+,21+/m0/s1. The SMILES string of the molecule is C[C@]12CCC(=O)C=C1NC[C@@H]1[C@H]2CC[C@]2(C)C(C(CN)C(N)=O)CC[C@@H]12. The van der Waals surface area contributed by atoms with Crippen molar-refractivity contribution < 1.29 is 9.59 Å². The first-order valence-electron chi connectivity index (χ1n) is 10.3. The van der Waals surface area contributed by atoms with Gasteiger partial charge in [0, 0.05) is 36.7 Å². The van der Waals surface area contributed by atoms with E-state index in [4.69, 9.17) is 11.5 Å². The largest absolute Gasteiger partial charge is 0.387 e. The highest BCUT2D eigenvalue weighted by molar-refractivity contribution is 5.91. The summed E-state index contributed by atoms with van der Waals surface area (Å²) in [6, 6.07) is 0. The Hall–Kier alpha value is -1.36. The number of fused-ring (bicyclic) bond motifs is 5. The summed E-state index contributed by atoms with van der Waals surface area (Å²) in [6.07, 6.45) is 8.05. The summed E-state index contributed by atoms with van der Waals surface area (Å²) >= 11 is 0. The van der Waals surface area contributed by atoms with E-state index in [0.717, 1.165) is 25.8 Å². The highest BCUT2D eigenvalue weighted by Crippen LogP contribution is 2.65. The molecule has 3 aliphatic carbocycles. The fourth-order valence-electron chi connectivity index (χ4n) is 7.32. The van der Waals surface area contributed by atoms with Crippen LogP contribution in [0.2, 0.25) is 0 Å². The molecule has 0 aromatic rings. The number of ketones is 1. The summed E-state index contributed by atoms with van der Waals surface area (Å²) in [5, 5.41) is 3.63. The van der Waals surface area contributed by atoms with Crippen molar-refractivity contribution >= 4 is 11.7 Å². The van der Waals surface area contributed by atoms with Gasteiger partial charge in [-0.3, -0.25) is 9.59 Å².